The molecule has 2 aromatic carbocycles. The van der Waals surface area contributed by atoms with E-state index in [1.165, 1.54) is 0 Å². The molecule has 2 N–H and O–H groups in total. The second-order valence-corrected chi connectivity index (χ2v) is 7.91. The zero-order valence-electron chi connectivity index (χ0n) is 17.4. The Morgan fingerprint density at radius 3 is 2.17 bits per heavy atom. The van der Waals surface area contributed by atoms with Crippen molar-refractivity contribution in [2.24, 2.45) is 5.92 Å². The van der Waals surface area contributed by atoms with E-state index in [0.717, 1.165) is 5.56 Å². The molecular weight excluding hydrogens is 404 g/mol. The van der Waals surface area contributed by atoms with Gasteiger partial charge >= 0.3 is 5.97 Å². The SMILES string of the molecule is CC(C)C[C@@H](NC(=O)c1ccc(Cl)cc1)C(=O)OCC(=O)N[C@@H](C)c1ccccc1. The van der Waals surface area contributed by atoms with Crippen molar-refractivity contribution in [3.63, 3.8) is 0 Å². The van der Waals surface area contributed by atoms with E-state index in [2.05, 4.69) is 10.6 Å². The normalized spacial score (nSPS) is 12.7. The van der Waals surface area contributed by atoms with Crippen molar-refractivity contribution in [1.82, 2.24) is 10.6 Å². The standard InChI is InChI=1S/C23H27ClN2O4/c1-15(2)13-20(26-22(28)18-9-11-19(24)12-10-18)23(29)30-14-21(27)25-16(3)17-7-5-4-6-8-17/h4-12,15-16,20H,13-14H2,1-3H3,(H,25,27)(H,26,28)/t16-,20+/m0/s1. The van der Waals surface area contributed by atoms with Crippen molar-refractivity contribution in [3.05, 3.63) is 70.7 Å². The van der Waals surface area contributed by atoms with Crippen molar-refractivity contribution in [1.29, 1.82) is 0 Å². The Morgan fingerprint density at radius 1 is 0.933 bits per heavy atom. The lowest BCUT2D eigenvalue weighted by Gasteiger charge is -2.20. The van der Waals surface area contributed by atoms with Crippen LogP contribution < -0.4 is 10.6 Å². The monoisotopic (exact) mass is 430 g/mol. The first-order valence-corrected chi connectivity index (χ1v) is 10.2. The molecule has 2 aromatic rings. The summed E-state index contributed by atoms with van der Waals surface area (Å²) in [6, 6.07) is 14.8. The molecule has 0 aliphatic heterocycles. The smallest absolute Gasteiger partial charge is 0.329 e. The number of esters is 1. The number of carbonyl (C=O) groups excluding carboxylic acids is 3. The average Bonchev–Trinajstić information content (AvgIpc) is 2.72. The van der Waals surface area contributed by atoms with Crippen LogP contribution in [0.4, 0.5) is 0 Å². The van der Waals surface area contributed by atoms with Crippen LogP contribution in [0, 0.1) is 5.92 Å². The Balaban J connectivity index is 1.91. The molecule has 0 spiro atoms. The van der Waals surface area contributed by atoms with Crippen LogP contribution in [-0.4, -0.2) is 30.4 Å². The number of benzene rings is 2. The molecule has 160 valence electrons. The minimum absolute atomic E-state index is 0.139. The van der Waals surface area contributed by atoms with Crippen LogP contribution in [0.3, 0.4) is 0 Å². The molecule has 30 heavy (non-hydrogen) atoms. The van der Waals surface area contributed by atoms with E-state index >= 15 is 0 Å². The van der Waals surface area contributed by atoms with Crippen LogP contribution in [0.2, 0.25) is 5.02 Å². The summed E-state index contributed by atoms with van der Waals surface area (Å²) in [5.41, 5.74) is 1.33. The number of halogens is 1. The fourth-order valence-electron chi connectivity index (χ4n) is 2.87. The molecule has 2 rings (SSSR count). The summed E-state index contributed by atoms with van der Waals surface area (Å²) in [6.45, 7) is 5.30. The van der Waals surface area contributed by atoms with E-state index < -0.39 is 30.4 Å². The lowest BCUT2D eigenvalue weighted by Crippen LogP contribution is -2.43. The number of carbonyl (C=O) groups is 3. The van der Waals surface area contributed by atoms with Crippen molar-refractivity contribution >= 4 is 29.4 Å². The van der Waals surface area contributed by atoms with Gasteiger partial charge in [-0.25, -0.2) is 4.79 Å². The van der Waals surface area contributed by atoms with E-state index in [-0.39, 0.29) is 12.0 Å². The predicted octanol–water partition coefficient (Wildman–Crippen LogP) is 3.91. The Labute approximate surface area is 182 Å². The largest absolute Gasteiger partial charge is 0.454 e. The van der Waals surface area contributed by atoms with Gasteiger partial charge in [-0.05, 0) is 49.1 Å². The van der Waals surface area contributed by atoms with Crippen molar-refractivity contribution < 1.29 is 19.1 Å². The zero-order valence-corrected chi connectivity index (χ0v) is 18.1. The molecule has 7 heteroatoms. The minimum Gasteiger partial charge on any atom is -0.454 e. The zero-order chi connectivity index (χ0) is 22.1. The van der Waals surface area contributed by atoms with Crippen LogP contribution in [0.1, 0.15) is 49.2 Å². The third-order valence-corrected chi connectivity index (χ3v) is 4.68. The number of hydrogen-bond acceptors (Lipinski definition) is 4. The fourth-order valence-corrected chi connectivity index (χ4v) is 3.00. The van der Waals surface area contributed by atoms with Crippen LogP contribution >= 0.6 is 11.6 Å². The molecule has 0 saturated heterocycles. The molecule has 0 saturated carbocycles. The summed E-state index contributed by atoms with van der Waals surface area (Å²) >= 11 is 5.84. The van der Waals surface area contributed by atoms with Crippen molar-refractivity contribution in [3.8, 4) is 0 Å². The van der Waals surface area contributed by atoms with Crippen LogP contribution in [-0.2, 0) is 14.3 Å². The number of ether oxygens (including phenoxy) is 1. The number of hydrogen-bond donors (Lipinski definition) is 2. The molecule has 0 heterocycles. The molecule has 2 atom stereocenters. The predicted molar refractivity (Wildman–Crippen MR) is 116 cm³/mol. The molecule has 0 aliphatic carbocycles. The molecule has 0 aromatic heterocycles. The van der Waals surface area contributed by atoms with E-state index in [0.29, 0.717) is 17.0 Å². The summed E-state index contributed by atoms with van der Waals surface area (Å²) in [5.74, 6) is -1.32. The second-order valence-electron chi connectivity index (χ2n) is 7.47. The van der Waals surface area contributed by atoms with Gasteiger partial charge in [0.15, 0.2) is 6.61 Å². The quantitative estimate of drug-likeness (QED) is 0.591. The van der Waals surface area contributed by atoms with E-state index in [9.17, 15) is 14.4 Å². The van der Waals surface area contributed by atoms with Gasteiger partial charge in [0.25, 0.3) is 11.8 Å². The summed E-state index contributed by atoms with van der Waals surface area (Å²) in [5, 5.41) is 5.99. The van der Waals surface area contributed by atoms with Gasteiger partial charge in [-0.15, -0.1) is 0 Å². The average molecular weight is 431 g/mol. The summed E-state index contributed by atoms with van der Waals surface area (Å²) < 4.78 is 5.17. The first kappa shape index (κ1) is 23.4. The Bertz CT molecular complexity index is 853. The molecule has 2 amide bonds. The topological polar surface area (TPSA) is 84.5 Å². The van der Waals surface area contributed by atoms with Gasteiger partial charge in [-0.2, -0.15) is 0 Å². The van der Waals surface area contributed by atoms with Gasteiger partial charge in [0.2, 0.25) is 0 Å². The highest BCUT2D eigenvalue weighted by atomic mass is 35.5. The Morgan fingerprint density at radius 2 is 1.57 bits per heavy atom. The molecule has 0 radical (unpaired) electrons. The molecule has 0 unspecified atom stereocenters. The van der Waals surface area contributed by atoms with Crippen molar-refractivity contribution in [2.45, 2.75) is 39.3 Å². The molecule has 6 nitrogen and oxygen atoms in total. The molecular formula is C23H27ClN2O4. The maximum Gasteiger partial charge on any atom is 0.329 e. The van der Waals surface area contributed by atoms with Gasteiger partial charge in [-0.1, -0.05) is 55.8 Å². The maximum atomic E-state index is 12.5. The Hall–Kier alpha value is -2.86. The third-order valence-electron chi connectivity index (χ3n) is 4.43. The highest BCUT2D eigenvalue weighted by Gasteiger charge is 2.25. The van der Waals surface area contributed by atoms with Crippen LogP contribution in [0.5, 0.6) is 0 Å². The van der Waals surface area contributed by atoms with Gasteiger partial charge in [0, 0.05) is 10.6 Å². The molecule has 0 fully saturated rings. The maximum absolute atomic E-state index is 12.5. The van der Waals surface area contributed by atoms with Gasteiger partial charge in [0.05, 0.1) is 6.04 Å². The third kappa shape index (κ3) is 7.52. The van der Waals surface area contributed by atoms with E-state index in [4.69, 9.17) is 16.3 Å². The summed E-state index contributed by atoms with van der Waals surface area (Å²) in [6.07, 6.45) is 0.389. The minimum atomic E-state index is -0.854. The molecule has 0 bridgehead atoms. The highest BCUT2D eigenvalue weighted by molar-refractivity contribution is 6.30. The molecule has 0 aliphatic rings. The van der Waals surface area contributed by atoms with E-state index in [1.54, 1.807) is 24.3 Å². The number of nitrogens with one attached hydrogen (secondary N) is 2. The van der Waals surface area contributed by atoms with Crippen LogP contribution in [0.15, 0.2) is 54.6 Å². The first-order valence-electron chi connectivity index (χ1n) is 9.83. The van der Waals surface area contributed by atoms with Gasteiger partial charge < -0.3 is 15.4 Å². The lowest BCUT2D eigenvalue weighted by molar-refractivity contribution is -0.150. The summed E-state index contributed by atoms with van der Waals surface area (Å²) in [7, 11) is 0. The second kappa shape index (κ2) is 11.4. The summed E-state index contributed by atoms with van der Waals surface area (Å²) in [4.78, 5) is 37.1. The van der Waals surface area contributed by atoms with Crippen LogP contribution in [0.25, 0.3) is 0 Å². The van der Waals surface area contributed by atoms with Gasteiger partial charge in [0.1, 0.15) is 6.04 Å². The number of rotatable bonds is 9. The van der Waals surface area contributed by atoms with Gasteiger partial charge in [-0.3, -0.25) is 9.59 Å². The fraction of sp³-hybridized carbons (Fsp3) is 0.348. The Kier molecular flexibility index (Phi) is 8.87. The van der Waals surface area contributed by atoms with E-state index in [1.807, 2.05) is 51.1 Å². The highest BCUT2D eigenvalue weighted by Crippen LogP contribution is 2.13. The van der Waals surface area contributed by atoms with Crippen molar-refractivity contribution in [2.75, 3.05) is 6.61 Å². The number of amides is 2. The first-order chi connectivity index (χ1) is 14.3. The lowest BCUT2D eigenvalue weighted by atomic mass is 10.0.